The van der Waals surface area contributed by atoms with E-state index in [0.29, 0.717) is 5.56 Å². The van der Waals surface area contributed by atoms with E-state index in [0.717, 1.165) is 5.56 Å². The first-order valence-electron chi connectivity index (χ1n) is 13.0. The molecule has 0 amide bonds. The Bertz CT molecular complexity index is 1430. The maximum absolute atomic E-state index is 9.51. The molecule has 0 bridgehead atoms. The SMILES string of the molecule is C[Si]([N-]C(c1ccc(C#N)cc1)[Si](C)(c1ccccc1)c1ccccc1)(c1ccccc1)c1ccccc1.[Li+]. The molecular formula is C34H31LiN2Si2. The van der Waals surface area contributed by atoms with Gasteiger partial charge in [-0.05, 0) is 12.1 Å². The quantitative estimate of drug-likeness (QED) is 0.285. The summed E-state index contributed by atoms with van der Waals surface area (Å²) in [6.45, 7) is 4.83. The Morgan fingerprint density at radius 2 is 0.897 bits per heavy atom. The van der Waals surface area contributed by atoms with Crippen LogP contribution >= 0.6 is 0 Å². The summed E-state index contributed by atoms with van der Waals surface area (Å²) < 4.78 is 0. The van der Waals surface area contributed by atoms with E-state index in [2.05, 4.69) is 153 Å². The van der Waals surface area contributed by atoms with Gasteiger partial charge in [-0.3, -0.25) is 0 Å². The summed E-state index contributed by atoms with van der Waals surface area (Å²) in [6, 6.07) is 53.9. The van der Waals surface area contributed by atoms with Gasteiger partial charge in [-0.25, -0.2) is 0 Å². The topological polar surface area (TPSA) is 37.9 Å². The van der Waals surface area contributed by atoms with Gasteiger partial charge in [-0.2, -0.15) is 5.26 Å². The zero-order valence-electron chi connectivity index (χ0n) is 22.8. The monoisotopic (exact) mass is 530 g/mol. The smallest absolute Gasteiger partial charge is 0.652 e. The van der Waals surface area contributed by atoms with Crippen LogP contribution in [0.25, 0.3) is 4.98 Å². The van der Waals surface area contributed by atoms with Gasteiger partial charge in [0.15, 0.2) is 0 Å². The van der Waals surface area contributed by atoms with Crippen molar-refractivity contribution in [1.82, 2.24) is 0 Å². The molecule has 0 spiro atoms. The van der Waals surface area contributed by atoms with Gasteiger partial charge in [-0.1, -0.05) is 173 Å². The zero-order chi connectivity index (χ0) is 26.4. The summed E-state index contributed by atoms with van der Waals surface area (Å²) in [6.07, 6.45) is 0. The van der Waals surface area contributed by atoms with Crippen molar-refractivity contribution in [2.24, 2.45) is 0 Å². The van der Waals surface area contributed by atoms with Gasteiger partial charge in [0.1, 0.15) is 8.07 Å². The van der Waals surface area contributed by atoms with E-state index in [9.17, 15) is 5.26 Å². The third kappa shape index (κ3) is 5.80. The first kappa shape index (κ1) is 28.6. The van der Waals surface area contributed by atoms with Crippen molar-refractivity contribution in [1.29, 1.82) is 5.26 Å². The van der Waals surface area contributed by atoms with Crippen LogP contribution in [0.1, 0.15) is 16.8 Å². The van der Waals surface area contributed by atoms with Crippen LogP contribution in [0.2, 0.25) is 13.1 Å². The number of hydrogen-bond acceptors (Lipinski definition) is 1. The van der Waals surface area contributed by atoms with Crippen LogP contribution in [0.4, 0.5) is 0 Å². The molecule has 186 valence electrons. The molecule has 0 N–H and O–H groups in total. The molecule has 0 saturated heterocycles. The normalized spacial score (nSPS) is 12.1. The van der Waals surface area contributed by atoms with Gasteiger partial charge in [-0.15, -0.1) is 5.67 Å². The predicted octanol–water partition coefficient (Wildman–Crippen LogP) is 2.80. The van der Waals surface area contributed by atoms with Crippen LogP contribution in [-0.2, 0) is 0 Å². The van der Waals surface area contributed by atoms with E-state index in [4.69, 9.17) is 4.98 Å². The minimum atomic E-state index is -2.55. The maximum atomic E-state index is 9.51. The second-order valence-corrected chi connectivity index (χ2v) is 17.7. The molecule has 0 saturated carbocycles. The molecule has 1 atom stereocenters. The number of hydrogen-bond donors (Lipinski definition) is 0. The van der Waals surface area contributed by atoms with Crippen LogP contribution in [0, 0.1) is 11.3 Å². The van der Waals surface area contributed by atoms with Crippen molar-refractivity contribution in [3.8, 4) is 6.07 Å². The van der Waals surface area contributed by atoms with Crippen LogP contribution in [-0.4, -0.2) is 16.3 Å². The Morgan fingerprint density at radius 3 is 1.26 bits per heavy atom. The first-order chi connectivity index (χ1) is 18.6. The van der Waals surface area contributed by atoms with E-state index in [1.807, 2.05) is 12.1 Å². The molecule has 5 aromatic carbocycles. The van der Waals surface area contributed by atoms with Crippen molar-refractivity contribution < 1.29 is 18.9 Å². The molecular weight excluding hydrogens is 500 g/mol. The van der Waals surface area contributed by atoms with Crippen molar-refractivity contribution in [3.63, 3.8) is 0 Å². The molecule has 2 nitrogen and oxygen atoms in total. The molecule has 0 fully saturated rings. The van der Waals surface area contributed by atoms with Gasteiger partial charge >= 0.3 is 18.9 Å². The van der Waals surface area contributed by atoms with Crippen molar-refractivity contribution >= 4 is 37.1 Å². The predicted molar refractivity (Wildman–Crippen MR) is 165 cm³/mol. The Labute approximate surface area is 246 Å². The van der Waals surface area contributed by atoms with Crippen LogP contribution < -0.4 is 39.6 Å². The second kappa shape index (κ2) is 12.6. The fraction of sp³-hybridized carbons (Fsp3) is 0.0882. The number of benzene rings is 5. The average Bonchev–Trinajstić information content (AvgIpc) is 3.01. The second-order valence-electron chi connectivity index (χ2n) is 10.0. The first-order valence-corrected chi connectivity index (χ1v) is 18.0. The maximum Gasteiger partial charge on any atom is 1.00 e. The Hall–Kier alpha value is -3.42. The third-order valence-corrected chi connectivity index (χ3v) is 16.3. The molecule has 5 rings (SSSR count). The molecule has 0 aromatic heterocycles. The molecule has 5 heteroatoms. The summed E-state index contributed by atoms with van der Waals surface area (Å²) in [5.74, 6) is 0. The fourth-order valence-corrected chi connectivity index (χ4v) is 13.8. The third-order valence-electron chi connectivity index (χ3n) is 7.71. The number of nitrogens with zero attached hydrogens (tertiary/aromatic N) is 2. The Kier molecular flexibility index (Phi) is 9.25. The minimum absolute atomic E-state index is 0. The van der Waals surface area contributed by atoms with Crippen LogP contribution in [0.3, 0.4) is 0 Å². The van der Waals surface area contributed by atoms with E-state index >= 15 is 0 Å². The van der Waals surface area contributed by atoms with E-state index < -0.39 is 16.3 Å². The van der Waals surface area contributed by atoms with Gasteiger partial charge in [0.2, 0.25) is 0 Å². The molecule has 0 heterocycles. The standard InChI is InChI=1S/C34H31N2Si2.Li/c1-37(30-15-7-3-8-16-30,31-17-9-4-10-18-31)34(29-25-23-28(27-35)24-26-29)36-38(2,32-19-11-5-12-20-32)33-21-13-6-14-22-33;/h3-26,34H,1-2H3;/q-1;+1. The van der Waals surface area contributed by atoms with Crippen molar-refractivity contribution in [3.05, 3.63) is 162 Å². The summed E-state index contributed by atoms with van der Waals surface area (Å²) in [7, 11) is -5.04. The van der Waals surface area contributed by atoms with Crippen LogP contribution in [0.15, 0.2) is 146 Å². The number of nitriles is 1. The van der Waals surface area contributed by atoms with Crippen molar-refractivity contribution in [2.45, 2.75) is 18.8 Å². The van der Waals surface area contributed by atoms with Crippen LogP contribution in [0.5, 0.6) is 0 Å². The fourth-order valence-electron chi connectivity index (χ4n) is 5.43. The molecule has 0 aliphatic rings. The summed E-state index contributed by atoms with van der Waals surface area (Å²) >= 11 is 0. The molecule has 0 radical (unpaired) electrons. The van der Waals surface area contributed by atoms with Gasteiger partial charge in [0.05, 0.1) is 11.6 Å². The Morgan fingerprint density at radius 1 is 0.538 bits per heavy atom. The summed E-state index contributed by atoms with van der Waals surface area (Å²) in [5, 5.41) is 14.8. The zero-order valence-corrected chi connectivity index (χ0v) is 24.8. The molecule has 0 aliphatic heterocycles. The molecule has 0 aliphatic carbocycles. The van der Waals surface area contributed by atoms with Gasteiger partial charge in [0.25, 0.3) is 0 Å². The minimum Gasteiger partial charge on any atom is -0.652 e. The van der Waals surface area contributed by atoms with Gasteiger partial charge in [0, 0.05) is 8.24 Å². The van der Waals surface area contributed by atoms with E-state index in [1.165, 1.54) is 20.7 Å². The Balaban J connectivity index is 0.00000353. The molecule has 1 unspecified atom stereocenters. The molecule has 39 heavy (non-hydrogen) atoms. The van der Waals surface area contributed by atoms with Crippen molar-refractivity contribution in [2.75, 3.05) is 0 Å². The molecule has 5 aromatic rings. The largest absolute Gasteiger partial charge is 1.00 e. The summed E-state index contributed by atoms with van der Waals surface area (Å²) in [5.41, 5.74) is 1.77. The van der Waals surface area contributed by atoms with E-state index in [1.54, 1.807) is 0 Å². The van der Waals surface area contributed by atoms with E-state index in [-0.39, 0.29) is 24.5 Å². The van der Waals surface area contributed by atoms with Gasteiger partial charge < -0.3 is 4.98 Å². The number of rotatable bonds is 8. The average molecular weight is 531 g/mol. The summed E-state index contributed by atoms with van der Waals surface area (Å²) in [4.78, 5) is 6.02.